The molecule has 0 aromatic heterocycles. The Balaban J connectivity index is 1.50. The summed E-state index contributed by atoms with van der Waals surface area (Å²) in [5.74, 6) is -9.24. The normalized spacial score (nSPS) is 33.8. The third kappa shape index (κ3) is 3.55. The van der Waals surface area contributed by atoms with Crippen molar-refractivity contribution in [1.29, 1.82) is 0 Å². The van der Waals surface area contributed by atoms with Crippen molar-refractivity contribution >= 4 is 29.0 Å². The molecule has 4 N–H and O–H groups in total. The van der Waals surface area contributed by atoms with Gasteiger partial charge in [0.15, 0.2) is 34.7 Å². The predicted octanol–water partition coefficient (Wildman–Crippen LogP) is 0.211. The number of primary amides is 1. The van der Waals surface area contributed by atoms with Gasteiger partial charge in [-0.3, -0.25) is 24.0 Å². The fourth-order valence-electron chi connectivity index (χ4n) is 6.80. The number of amides is 1. The second-order valence-corrected chi connectivity index (χ2v) is 10.8. The Morgan fingerprint density at radius 2 is 1.80 bits per heavy atom. The summed E-state index contributed by atoms with van der Waals surface area (Å²) in [4.78, 5) is 66.6. The number of carbonyl (C=O) groups is 5. The lowest BCUT2D eigenvalue weighted by Crippen LogP contribution is -2.68. The van der Waals surface area contributed by atoms with Crippen LogP contribution >= 0.6 is 0 Å². The molecule has 0 radical (unpaired) electrons. The van der Waals surface area contributed by atoms with Crippen LogP contribution in [0.3, 0.4) is 0 Å². The van der Waals surface area contributed by atoms with Gasteiger partial charge in [0.25, 0.3) is 0 Å². The lowest BCUT2D eigenvalue weighted by molar-refractivity contribution is -0.175. The van der Waals surface area contributed by atoms with Crippen LogP contribution in [0.4, 0.5) is 0 Å². The minimum atomic E-state index is -2.61. The van der Waals surface area contributed by atoms with E-state index in [1.807, 2.05) is 6.07 Å². The van der Waals surface area contributed by atoms with Crippen LogP contribution in [-0.4, -0.2) is 69.9 Å². The molecule has 186 valence electrons. The Labute approximate surface area is 202 Å². The van der Waals surface area contributed by atoms with E-state index >= 15 is 0 Å². The van der Waals surface area contributed by atoms with E-state index in [1.165, 1.54) is 6.07 Å². The molecule has 2 unspecified atom stereocenters. The van der Waals surface area contributed by atoms with Gasteiger partial charge in [0.1, 0.15) is 5.75 Å². The molecule has 3 aliphatic carbocycles. The van der Waals surface area contributed by atoms with Crippen molar-refractivity contribution < 1.29 is 34.2 Å². The lowest BCUT2D eigenvalue weighted by Gasteiger charge is -2.48. The Morgan fingerprint density at radius 3 is 2.46 bits per heavy atom. The molecule has 5 rings (SSSR count). The minimum Gasteiger partial charge on any atom is -0.507 e. The summed E-state index contributed by atoms with van der Waals surface area (Å²) >= 11 is 0. The smallest absolute Gasteiger partial charge is 0.235 e. The van der Waals surface area contributed by atoms with Crippen LogP contribution in [0.2, 0.25) is 0 Å². The van der Waals surface area contributed by atoms with Gasteiger partial charge in [0.2, 0.25) is 5.91 Å². The number of benzene rings is 1. The molecule has 5 atom stereocenters. The van der Waals surface area contributed by atoms with Crippen LogP contribution in [0.25, 0.3) is 0 Å². The number of ketones is 4. The molecule has 9 nitrogen and oxygen atoms in total. The molecule has 0 bridgehead atoms. The van der Waals surface area contributed by atoms with Crippen LogP contribution in [-0.2, 0) is 32.0 Å². The highest BCUT2D eigenvalue weighted by Gasteiger charge is 2.66. The number of aromatic hydroxyl groups is 1. The monoisotopic (exact) mass is 482 g/mol. The average molecular weight is 483 g/mol. The molecule has 1 aliphatic heterocycles. The summed E-state index contributed by atoms with van der Waals surface area (Å²) in [6, 6.07) is 3.31. The van der Waals surface area contributed by atoms with Crippen molar-refractivity contribution in [3.63, 3.8) is 0 Å². The summed E-state index contributed by atoms with van der Waals surface area (Å²) < 4.78 is 0. The molecule has 1 aromatic carbocycles. The third-order valence-corrected chi connectivity index (χ3v) is 8.73. The highest BCUT2D eigenvalue weighted by Crippen LogP contribution is 2.50. The van der Waals surface area contributed by atoms with E-state index in [9.17, 15) is 34.2 Å². The van der Waals surface area contributed by atoms with Gasteiger partial charge in [-0.2, -0.15) is 0 Å². The molecule has 1 aromatic rings. The van der Waals surface area contributed by atoms with E-state index < -0.39 is 58.3 Å². The molecule has 35 heavy (non-hydrogen) atoms. The SMILES string of the molecule is CN1CCC(Cc2ccc(O)c3c2C[C@H]2C[C@H]4CC(=O)C(C(N)=O)C(=O)[C@@]4(O)C(=O)C2C3=O)CC1. The number of aliphatic hydroxyl groups is 1. The predicted molar refractivity (Wildman–Crippen MR) is 122 cm³/mol. The fourth-order valence-corrected chi connectivity index (χ4v) is 6.80. The number of phenolic OH excluding ortho intramolecular Hbond substituents is 1. The van der Waals surface area contributed by atoms with Crippen LogP contribution in [0, 0.1) is 29.6 Å². The van der Waals surface area contributed by atoms with Gasteiger partial charge in [0, 0.05) is 12.3 Å². The number of nitrogens with zero attached hydrogens (tertiary/aromatic N) is 1. The van der Waals surface area contributed by atoms with Crippen molar-refractivity contribution in [3.8, 4) is 5.75 Å². The second-order valence-electron chi connectivity index (χ2n) is 10.8. The summed E-state index contributed by atoms with van der Waals surface area (Å²) in [6.45, 7) is 2.00. The fraction of sp³-hybridized carbons (Fsp3) is 0.577. The van der Waals surface area contributed by atoms with Crippen LogP contribution in [0.5, 0.6) is 5.75 Å². The van der Waals surface area contributed by atoms with Gasteiger partial charge in [-0.1, -0.05) is 6.07 Å². The van der Waals surface area contributed by atoms with Crippen LogP contribution in [0.1, 0.15) is 47.2 Å². The molecule has 3 fully saturated rings. The van der Waals surface area contributed by atoms with Crippen molar-refractivity contribution in [3.05, 3.63) is 28.8 Å². The Hall–Kier alpha value is -2.91. The van der Waals surface area contributed by atoms with Crippen molar-refractivity contribution in [2.24, 2.45) is 35.3 Å². The van der Waals surface area contributed by atoms with Crippen molar-refractivity contribution in [2.45, 2.75) is 44.1 Å². The number of nitrogens with two attached hydrogens (primary N) is 1. The number of carbonyl (C=O) groups excluding carboxylic acids is 5. The quantitative estimate of drug-likeness (QED) is 0.517. The first-order valence-electron chi connectivity index (χ1n) is 12.2. The summed E-state index contributed by atoms with van der Waals surface area (Å²) in [7, 11) is 2.09. The summed E-state index contributed by atoms with van der Waals surface area (Å²) in [5, 5.41) is 21.8. The number of hydrogen-bond donors (Lipinski definition) is 3. The molecule has 0 spiro atoms. The number of rotatable bonds is 3. The molecule has 1 heterocycles. The van der Waals surface area contributed by atoms with E-state index in [1.54, 1.807) is 0 Å². The molecular formula is C26H30N2O7. The molecule has 2 saturated carbocycles. The second kappa shape index (κ2) is 8.34. The maximum absolute atomic E-state index is 13.6. The Morgan fingerprint density at radius 1 is 1.11 bits per heavy atom. The maximum atomic E-state index is 13.6. The van der Waals surface area contributed by atoms with Gasteiger partial charge >= 0.3 is 0 Å². The van der Waals surface area contributed by atoms with Crippen LogP contribution < -0.4 is 5.73 Å². The standard InChI is InChI=1S/C26H30N2O7/c1-28-6-4-12(5-7-28)8-13-2-3-17(29)20-16(13)10-14-9-15-11-18(30)21(25(27)34)24(33)26(15,35)23(32)19(14)22(20)31/h2-3,12,14-15,19,21,29,35H,4-11H2,1H3,(H2,27,34)/t14-,15+,19?,21?,26+/m1/s1. The first-order valence-corrected chi connectivity index (χ1v) is 12.2. The maximum Gasteiger partial charge on any atom is 0.235 e. The molecular weight excluding hydrogens is 452 g/mol. The zero-order valence-electron chi connectivity index (χ0n) is 19.7. The first kappa shape index (κ1) is 23.8. The van der Waals surface area contributed by atoms with Gasteiger partial charge < -0.3 is 20.8 Å². The topological polar surface area (TPSA) is 155 Å². The minimum absolute atomic E-state index is 0.0814. The van der Waals surface area contributed by atoms with E-state index in [0.717, 1.165) is 43.5 Å². The van der Waals surface area contributed by atoms with E-state index in [2.05, 4.69) is 11.9 Å². The zero-order valence-corrected chi connectivity index (χ0v) is 19.7. The number of phenols is 1. The Bertz CT molecular complexity index is 1150. The number of fused-ring (bicyclic) bond motifs is 3. The van der Waals surface area contributed by atoms with Gasteiger partial charge in [-0.25, -0.2) is 0 Å². The van der Waals surface area contributed by atoms with E-state index in [-0.39, 0.29) is 24.2 Å². The first-order chi connectivity index (χ1) is 16.5. The highest BCUT2D eigenvalue weighted by atomic mass is 16.3. The third-order valence-electron chi connectivity index (χ3n) is 8.73. The molecule has 1 amide bonds. The lowest BCUT2D eigenvalue weighted by atomic mass is 9.53. The summed E-state index contributed by atoms with van der Waals surface area (Å²) in [5.41, 5.74) is 4.37. The zero-order chi connectivity index (χ0) is 25.2. The van der Waals surface area contributed by atoms with Crippen molar-refractivity contribution in [1.82, 2.24) is 4.90 Å². The largest absolute Gasteiger partial charge is 0.507 e. The number of hydrogen-bond acceptors (Lipinski definition) is 8. The van der Waals surface area contributed by atoms with Gasteiger partial charge in [0.05, 0.1) is 11.5 Å². The van der Waals surface area contributed by atoms with Gasteiger partial charge in [-0.05, 0) is 81.3 Å². The highest BCUT2D eigenvalue weighted by molar-refractivity contribution is 6.31. The van der Waals surface area contributed by atoms with Gasteiger partial charge in [-0.15, -0.1) is 0 Å². The Kier molecular flexibility index (Phi) is 5.68. The average Bonchev–Trinajstić information content (AvgIpc) is 2.79. The molecule has 9 heteroatoms. The van der Waals surface area contributed by atoms with E-state index in [0.29, 0.717) is 12.3 Å². The van der Waals surface area contributed by atoms with Crippen molar-refractivity contribution in [2.75, 3.05) is 20.1 Å². The van der Waals surface area contributed by atoms with Crippen LogP contribution in [0.15, 0.2) is 12.1 Å². The molecule has 1 saturated heterocycles. The summed E-state index contributed by atoms with van der Waals surface area (Å²) in [6.07, 6.45) is 2.95. The molecule has 4 aliphatic rings. The number of piperidine rings is 1. The van der Waals surface area contributed by atoms with E-state index in [4.69, 9.17) is 5.73 Å². The number of Topliss-reactive ketones (excluding diaryl/α,β-unsaturated/α-hetero) is 4. The number of likely N-dealkylation sites (tertiary alicyclic amines) is 1.